The predicted molar refractivity (Wildman–Crippen MR) is 21.3 cm³/mol. The van der Waals surface area contributed by atoms with E-state index in [-0.39, 0.29) is 0 Å². The molecule has 0 heterocycles. The molecule has 0 aliphatic carbocycles. The molecule has 0 rings (SSSR count). The molecular formula is C3H7NO2. The van der Waals surface area contributed by atoms with Crippen molar-refractivity contribution in [2.75, 3.05) is 0 Å². The third kappa shape index (κ3) is 1.72. The van der Waals surface area contributed by atoms with Crippen LogP contribution in [0.5, 0.6) is 0 Å². The Morgan fingerprint density at radius 2 is 2.50 bits per heavy atom. The molecule has 3 N–H and O–H groups in total. The van der Waals surface area contributed by atoms with Crippen LogP contribution in [0.15, 0.2) is 0 Å². The van der Waals surface area contributed by atoms with Gasteiger partial charge in [0.1, 0.15) is 6.02 Å². The van der Waals surface area contributed by atoms with Gasteiger partial charge in [-0.15, -0.1) is 0 Å². The van der Waals surface area contributed by atoms with Crippen molar-refractivity contribution in [3.8, 4) is 0 Å². The van der Waals surface area contributed by atoms with E-state index in [1.54, 1.807) is 0 Å². The van der Waals surface area contributed by atoms with E-state index in [1.807, 2.05) is 0 Å². The minimum absolute atomic E-state index is 1.11. The summed E-state index contributed by atoms with van der Waals surface area (Å²) in [7, 11) is 0. The Morgan fingerprint density at radius 1 is 2.33 bits per heavy atom. The lowest BCUT2D eigenvalue weighted by atomic mass is 10.8. The van der Waals surface area contributed by atoms with Gasteiger partial charge in [0.15, 0.2) is 0 Å². The molecule has 0 saturated heterocycles. The average molecular weight is 91.1 g/mol. The highest BCUT2D eigenvalue weighted by Crippen LogP contribution is 1.68. The minimum atomic E-state index is -1.83. The molecule has 0 aliphatic heterocycles. The second-order valence-electron chi connectivity index (χ2n) is 0.988. The van der Waals surface area contributed by atoms with Gasteiger partial charge >= 0.3 is 5.97 Å². The summed E-state index contributed by atoms with van der Waals surface area (Å²) in [6.07, 6.45) is 0. The molecule has 0 aromatic rings. The standard InChI is InChI=1S/C3H7NO2/c1-2(4)3(5)6/h2H,4H2,1H3,(H,5,6)/i2+1D. The number of carboxylic acids is 1. The molecule has 1 atom stereocenters. The smallest absolute Gasteiger partial charge is 0.320 e. The molecule has 0 spiro atoms. The molecule has 1 unspecified atom stereocenters. The van der Waals surface area contributed by atoms with Crippen molar-refractivity contribution in [1.29, 1.82) is 0 Å². The summed E-state index contributed by atoms with van der Waals surface area (Å²) in [5, 5.41) is 7.94. The highest BCUT2D eigenvalue weighted by atomic mass is 16.4. The van der Waals surface area contributed by atoms with Crippen LogP contribution in [0.2, 0.25) is 0 Å². The molecule has 0 amide bonds. The van der Waals surface area contributed by atoms with Crippen molar-refractivity contribution in [2.24, 2.45) is 5.73 Å². The second-order valence-corrected chi connectivity index (χ2v) is 0.988. The molecule has 36 valence electrons. The third-order valence-corrected chi connectivity index (χ3v) is 0.337. The zero-order valence-electron chi connectivity index (χ0n) is 4.43. The van der Waals surface area contributed by atoms with E-state index >= 15 is 0 Å². The predicted octanol–water partition coefficient (Wildman–Crippen LogP) is -0.582. The number of carbonyl (C=O) groups is 1. The first-order valence-electron chi connectivity index (χ1n) is 1.97. The molecule has 6 heavy (non-hydrogen) atoms. The number of carboxylic acid groups (broad SMARTS) is 1. The number of aliphatic carboxylic acids is 1. The van der Waals surface area contributed by atoms with Crippen molar-refractivity contribution in [3.05, 3.63) is 0 Å². The first kappa shape index (κ1) is 3.61. The quantitative estimate of drug-likeness (QED) is 0.424. The Bertz CT molecular complexity index is 85.4. The van der Waals surface area contributed by atoms with Gasteiger partial charge in [-0.25, -0.2) is 0 Å². The van der Waals surface area contributed by atoms with Gasteiger partial charge in [0.2, 0.25) is 0 Å². The van der Waals surface area contributed by atoms with Crippen molar-refractivity contribution in [3.63, 3.8) is 0 Å². The fourth-order valence-electron chi connectivity index (χ4n) is 0. The molecule has 0 aliphatic rings. The highest BCUT2D eigenvalue weighted by molar-refractivity contribution is 5.72. The van der Waals surface area contributed by atoms with E-state index < -0.39 is 12.0 Å². The van der Waals surface area contributed by atoms with Gasteiger partial charge in [-0.05, 0) is 6.92 Å². The molecular weight excluding hydrogens is 83.0 g/mol. The summed E-state index contributed by atoms with van der Waals surface area (Å²) in [6.45, 7) is 1.11. The van der Waals surface area contributed by atoms with E-state index in [2.05, 4.69) is 0 Å². The molecule has 0 aromatic heterocycles. The fourth-order valence-corrected chi connectivity index (χ4v) is 0. The summed E-state index contributed by atoms with van der Waals surface area (Å²) < 4.78 is 6.56. The van der Waals surface area contributed by atoms with Crippen molar-refractivity contribution >= 4 is 5.97 Å². The van der Waals surface area contributed by atoms with Crippen LogP contribution in [-0.4, -0.2) is 17.1 Å². The van der Waals surface area contributed by atoms with Gasteiger partial charge in [-0.1, -0.05) is 0 Å². The highest BCUT2D eigenvalue weighted by Gasteiger charge is 1.99. The van der Waals surface area contributed by atoms with E-state index in [4.69, 9.17) is 12.2 Å². The molecule has 3 nitrogen and oxygen atoms in total. The Kier molecular flexibility index (Phi) is 1.06. The molecule has 0 bridgehead atoms. The Morgan fingerprint density at radius 3 is 2.50 bits per heavy atom. The lowest BCUT2D eigenvalue weighted by molar-refractivity contribution is -0.138. The van der Waals surface area contributed by atoms with Gasteiger partial charge < -0.3 is 10.8 Å². The molecule has 0 aromatic carbocycles. The fraction of sp³-hybridized carbons (Fsp3) is 0.667. The summed E-state index contributed by atoms with van der Waals surface area (Å²) in [5.74, 6) is -1.31. The zero-order chi connectivity index (χ0) is 6.08. The van der Waals surface area contributed by atoms with Crippen LogP contribution in [0.3, 0.4) is 0 Å². The van der Waals surface area contributed by atoms with Crippen LogP contribution in [-0.2, 0) is 4.79 Å². The normalized spacial score (nSPS) is 21.3. The average Bonchev–Trinajstić information content (AvgIpc) is 1.31. The van der Waals surface area contributed by atoms with Crippen LogP contribution in [0.1, 0.15) is 8.29 Å². The summed E-state index contributed by atoms with van der Waals surface area (Å²) in [6, 6.07) is -1.83. The Hall–Kier alpha value is -0.570. The first-order chi connectivity index (χ1) is 2.94. The summed E-state index contributed by atoms with van der Waals surface area (Å²) in [4.78, 5) is 9.71. The van der Waals surface area contributed by atoms with Crippen molar-refractivity contribution in [2.45, 2.75) is 12.9 Å². The van der Waals surface area contributed by atoms with Gasteiger partial charge in [0.05, 0.1) is 1.37 Å². The van der Waals surface area contributed by atoms with E-state index in [9.17, 15) is 4.79 Å². The van der Waals surface area contributed by atoms with Crippen LogP contribution in [0.4, 0.5) is 0 Å². The van der Waals surface area contributed by atoms with Crippen LogP contribution >= 0.6 is 0 Å². The van der Waals surface area contributed by atoms with Gasteiger partial charge in [-0.3, -0.25) is 4.79 Å². The van der Waals surface area contributed by atoms with Gasteiger partial charge in [0.25, 0.3) is 0 Å². The third-order valence-electron chi connectivity index (χ3n) is 0.337. The zero-order valence-corrected chi connectivity index (χ0v) is 3.43. The monoisotopic (exact) mass is 91.1 g/mol. The van der Waals surface area contributed by atoms with Crippen molar-refractivity contribution in [1.82, 2.24) is 0 Å². The Balaban J connectivity index is 3.79. The maximum atomic E-state index is 9.71. The number of hydrogen-bond acceptors (Lipinski definition) is 2. The number of hydrogen-bond donors (Lipinski definition) is 2. The topological polar surface area (TPSA) is 63.3 Å². The van der Waals surface area contributed by atoms with Crippen LogP contribution < -0.4 is 5.73 Å². The van der Waals surface area contributed by atoms with Crippen molar-refractivity contribution < 1.29 is 11.3 Å². The minimum Gasteiger partial charge on any atom is -0.480 e. The summed E-state index contributed by atoms with van der Waals surface area (Å²) >= 11 is 0. The first-order valence-corrected chi connectivity index (χ1v) is 1.47. The molecule has 0 fully saturated rings. The maximum Gasteiger partial charge on any atom is 0.320 e. The molecule has 0 radical (unpaired) electrons. The van der Waals surface area contributed by atoms with E-state index in [0.717, 1.165) is 6.92 Å². The second kappa shape index (κ2) is 1.77. The number of rotatable bonds is 1. The SMILES string of the molecule is [2H][13C](C)(N)C(=O)O. The number of nitrogens with two attached hydrogens (primary N) is 1. The van der Waals surface area contributed by atoms with Crippen LogP contribution in [0, 0.1) is 0 Å². The molecule has 0 saturated carbocycles. The summed E-state index contributed by atoms with van der Waals surface area (Å²) in [5.41, 5.74) is 4.75. The Labute approximate surface area is 37.2 Å². The van der Waals surface area contributed by atoms with E-state index in [1.165, 1.54) is 0 Å². The molecule has 3 heteroatoms. The van der Waals surface area contributed by atoms with Gasteiger partial charge in [0, 0.05) is 0 Å². The largest absolute Gasteiger partial charge is 0.480 e. The van der Waals surface area contributed by atoms with E-state index in [0.29, 0.717) is 0 Å². The lowest BCUT2D eigenvalue weighted by Crippen LogP contribution is -2.25. The van der Waals surface area contributed by atoms with Gasteiger partial charge in [-0.2, -0.15) is 0 Å². The lowest BCUT2D eigenvalue weighted by Gasteiger charge is -1.90. The maximum absolute atomic E-state index is 9.71. The van der Waals surface area contributed by atoms with Crippen LogP contribution in [0.25, 0.3) is 0 Å².